The smallest absolute Gasteiger partial charge is 0.245 e. The SMILES string of the molecule is CNC1CC2(CCCN2C)C(=O)N1C(C)C(C)=O. The molecule has 5 nitrogen and oxygen atoms in total. The molecule has 2 fully saturated rings. The van der Waals surface area contributed by atoms with Crippen molar-refractivity contribution in [3.63, 3.8) is 0 Å². The molecule has 0 bridgehead atoms. The summed E-state index contributed by atoms with van der Waals surface area (Å²) in [5.41, 5.74) is -0.378. The van der Waals surface area contributed by atoms with Crippen LogP contribution in [0.4, 0.5) is 0 Å². The molecule has 2 aliphatic rings. The fourth-order valence-electron chi connectivity index (χ4n) is 3.31. The molecular formula is C13H23N3O2. The first-order valence-corrected chi connectivity index (χ1v) is 6.66. The monoisotopic (exact) mass is 253 g/mol. The van der Waals surface area contributed by atoms with Gasteiger partial charge in [0.25, 0.3) is 0 Å². The summed E-state index contributed by atoms with van der Waals surface area (Å²) in [4.78, 5) is 28.2. The molecule has 0 aliphatic carbocycles. The maximum Gasteiger partial charge on any atom is 0.245 e. The maximum atomic E-state index is 12.7. The van der Waals surface area contributed by atoms with Gasteiger partial charge in [-0.3, -0.25) is 14.5 Å². The van der Waals surface area contributed by atoms with Crippen molar-refractivity contribution in [2.75, 3.05) is 20.6 Å². The molecule has 0 radical (unpaired) electrons. The molecule has 1 N–H and O–H groups in total. The minimum atomic E-state index is -0.378. The van der Waals surface area contributed by atoms with E-state index >= 15 is 0 Å². The third-order valence-corrected chi connectivity index (χ3v) is 4.65. The third kappa shape index (κ3) is 1.77. The molecule has 2 aliphatic heterocycles. The number of nitrogens with one attached hydrogen (secondary N) is 1. The number of carbonyl (C=O) groups is 2. The molecule has 5 heteroatoms. The first kappa shape index (κ1) is 13.5. The number of likely N-dealkylation sites (N-methyl/N-ethyl adjacent to an activating group) is 1. The molecule has 2 saturated heterocycles. The van der Waals surface area contributed by atoms with Gasteiger partial charge in [0.05, 0.1) is 12.2 Å². The molecule has 3 atom stereocenters. The number of ketones is 1. The van der Waals surface area contributed by atoms with E-state index in [0.29, 0.717) is 0 Å². The second-order valence-electron chi connectivity index (χ2n) is 5.56. The van der Waals surface area contributed by atoms with Crippen molar-refractivity contribution in [2.24, 2.45) is 0 Å². The van der Waals surface area contributed by atoms with Crippen LogP contribution in [0.25, 0.3) is 0 Å². The summed E-state index contributed by atoms with van der Waals surface area (Å²) < 4.78 is 0. The lowest BCUT2D eigenvalue weighted by molar-refractivity contribution is -0.142. The first-order chi connectivity index (χ1) is 8.44. The summed E-state index contributed by atoms with van der Waals surface area (Å²) in [5, 5.41) is 3.18. The zero-order chi connectivity index (χ0) is 13.5. The van der Waals surface area contributed by atoms with Crippen LogP contribution in [-0.4, -0.2) is 59.9 Å². The minimum Gasteiger partial charge on any atom is -0.316 e. The summed E-state index contributed by atoms with van der Waals surface area (Å²) in [6.07, 6.45) is 2.70. The van der Waals surface area contributed by atoms with Crippen molar-refractivity contribution in [3.8, 4) is 0 Å². The average molecular weight is 253 g/mol. The standard InChI is InChI=1S/C13H23N3O2/c1-9(10(2)17)16-11(14-3)8-13(12(16)18)6-5-7-15(13)4/h9,11,14H,5-8H2,1-4H3. The summed E-state index contributed by atoms with van der Waals surface area (Å²) in [6, 6.07) is -0.344. The van der Waals surface area contributed by atoms with Gasteiger partial charge in [-0.1, -0.05) is 0 Å². The number of hydrogen-bond acceptors (Lipinski definition) is 4. The molecule has 0 saturated carbocycles. The zero-order valence-corrected chi connectivity index (χ0v) is 11.7. The van der Waals surface area contributed by atoms with Gasteiger partial charge in [-0.25, -0.2) is 0 Å². The van der Waals surface area contributed by atoms with Crippen LogP contribution in [0.5, 0.6) is 0 Å². The van der Waals surface area contributed by atoms with Crippen molar-refractivity contribution < 1.29 is 9.59 Å². The largest absolute Gasteiger partial charge is 0.316 e. The number of rotatable bonds is 3. The van der Waals surface area contributed by atoms with E-state index in [0.717, 1.165) is 25.8 Å². The molecule has 0 aromatic carbocycles. The van der Waals surface area contributed by atoms with Crippen LogP contribution in [0.15, 0.2) is 0 Å². The molecule has 2 heterocycles. The van der Waals surface area contributed by atoms with Crippen molar-refractivity contribution in [3.05, 3.63) is 0 Å². The van der Waals surface area contributed by atoms with Gasteiger partial charge < -0.3 is 10.2 Å². The normalized spacial score (nSPS) is 34.6. The van der Waals surface area contributed by atoms with E-state index in [1.165, 1.54) is 0 Å². The van der Waals surface area contributed by atoms with Gasteiger partial charge in [0.2, 0.25) is 5.91 Å². The molecule has 1 amide bonds. The van der Waals surface area contributed by atoms with Crippen LogP contribution < -0.4 is 5.32 Å². The highest BCUT2D eigenvalue weighted by molar-refractivity contribution is 5.94. The number of hydrogen-bond donors (Lipinski definition) is 1. The Hall–Kier alpha value is -0.940. The number of carbonyl (C=O) groups excluding carboxylic acids is 2. The molecule has 1 spiro atoms. The molecule has 3 unspecified atom stereocenters. The number of Topliss-reactive ketones (excluding diaryl/α,β-unsaturated/α-hetero) is 1. The molecule has 102 valence electrons. The highest BCUT2D eigenvalue weighted by Gasteiger charge is 2.56. The molecule has 18 heavy (non-hydrogen) atoms. The highest BCUT2D eigenvalue weighted by Crippen LogP contribution is 2.40. The number of amides is 1. The predicted octanol–water partition coefficient (Wildman–Crippen LogP) is 0.206. The number of nitrogens with zero attached hydrogens (tertiary/aromatic N) is 2. The van der Waals surface area contributed by atoms with Crippen molar-refractivity contribution in [2.45, 2.75) is 50.9 Å². The first-order valence-electron chi connectivity index (χ1n) is 6.66. The van der Waals surface area contributed by atoms with E-state index < -0.39 is 0 Å². The molecular weight excluding hydrogens is 230 g/mol. The quantitative estimate of drug-likeness (QED) is 0.781. The molecule has 0 aromatic rings. The van der Waals surface area contributed by atoms with Gasteiger partial charge in [0.1, 0.15) is 5.54 Å². The van der Waals surface area contributed by atoms with E-state index in [1.807, 2.05) is 21.0 Å². The van der Waals surface area contributed by atoms with Gasteiger partial charge in [-0.2, -0.15) is 0 Å². The summed E-state index contributed by atoms with van der Waals surface area (Å²) in [5.74, 6) is 0.158. The maximum absolute atomic E-state index is 12.7. The third-order valence-electron chi connectivity index (χ3n) is 4.65. The second-order valence-corrected chi connectivity index (χ2v) is 5.56. The van der Waals surface area contributed by atoms with Crippen LogP contribution in [0.2, 0.25) is 0 Å². The van der Waals surface area contributed by atoms with E-state index in [1.54, 1.807) is 11.8 Å². The Bertz CT molecular complexity index is 371. The fourth-order valence-corrected chi connectivity index (χ4v) is 3.31. The van der Waals surface area contributed by atoms with Crippen molar-refractivity contribution in [1.82, 2.24) is 15.1 Å². The predicted molar refractivity (Wildman–Crippen MR) is 69.0 cm³/mol. The van der Waals surface area contributed by atoms with Crippen LogP contribution in [-0.2, 0) is 9.59 Å². The summed E-state index contributed by atoms with van der Waals surface area (Å²) >= 11 is 0. The summed E-state index contributed by atoms with van der Waals surface area (Å²) in [7, 11) is 3.87. The van der Waals surface area contributed by atoms with E-state index in [4.69, 9.17) is 0 Å². The lowest BCUT2D eigenvalue weighted by atomic mass is 9.94. The van der Waals surface area contributed by atoms with Crippen molar-refractivity contribution in [1.29, 1.82) is 0 Å². The Kier molecular flexibility index (Phi) is 3.47. The van der Waals surface area contributed by atoms with Gasteiger partial charge in [-0.15, -0.1) is 0 Å². The Morgan fingerprint density at radius 1 is 1.56 bits per heavy atom. The van der Waals surface area contributed by atoms with E-state index in [-0.39, 0.29) is 29.4 Å². The van der Waals surface area contributed by atoms with Crippen LogP contribution >= 0.6 is 0 Å². The Balaban J connectivity index is 2.31. The van der Waals surface area contributed by atoms with E-state index in [2.05, 4.69) is 10.2 Å². The van der Waals surface area contributed by atoms with Crippen LogP contribution in [0.1, 0.15) is 33.1 Å². The lowest BCUT2D eigenvalue weighted by Gasteiger charge is -2.31. The van der Waals surface area contributed by atoms with Crippen molar-refractivity contribution >= 4 is 11.7 Å². The van der Waals surface area contributed by atoms with Gasteiger partial charge in [0, 0.05) is 6.42 Å². The topological polar surface area (TPSA) is 52.7 Å². The van der Waals surface area contributed by atoms with Crippen LogP contribution in [0, 0.1) is 0 Å². The Labute approximate surface area is 108 Å². The Morgan fingerprint density at radius 2 is 2.22 bits per heavy atom. The molecule has 0 aromatic heterocycles. The second kappa shape index (κ2) is 4.63. The average Bonchev–Trinajstić information content (AvgIpc) is 2.83. The minimum absolute atomic E-state index is 0.0306. The van der Waals surface area contributed by atoms with Gasteiger partial charge in [-0.05, 0) is 47.3 Å². The fraction of sp³-hybridized carbons (Fsp3) is 0.846. The highest BCUT2D eigenvalue weighted by atomic mass is 16.2. The zero-order valence-electron chi connectivity index (χ0n) is 11.7. The number of likely N-dealkylation sites (tertiary alicyclic amines) is 2. The van der Waals surface area contributed by atoms with Gasteiger partial charge in [0.15, 0.2) is 5.78 Å². The Morgan fingerprint density at radius 3 is 2.67 bits per heavy atom. The van der Waals surface area contributed by atoms with E-state index in [9.17, 15) is 9.59 Å². The molecule has 2 rings (SSSR count). The summed E-state index contributed by atoms with van der Waals surface area (Å²) in [6.45, 7) is 4.33. The lowest BCUT2D eigenvalue weighted by Crippen LogP contribution is -2.52. The van der Waals surface area contributed by atoms with Crippen LogP contribution in [0.3, 0.4) is 0 Å². The van der Waals surface area contributed by atoms with Gasteiger partial charge >= 0.3 is 0 Å².